The molecule has 7 nitrogen and oxygen atoms in total. The number of halogens is 1. The van der Waals surface area contributed by atoms with Crippen molar-refractivity contribution in [3.8, 4) is 0 Å². The van der Waals surface area contributed by atoms with E-state index in [1.165, 1.54) is 11.8 Å². The number of hydrogen-bond acceptors (Lipinski definition) is 5. The Labute approximate surface area is 190 Å². The van der Waals surface area contributed by atoms with Crippen molar-refractivity contribution < 1.29 is 9.59 Å². The molecule has 3 aromatic rings. The largest absolute Gasteiger partial charge is 0.351 e. The minimum absolute atomic E-state index is 0.0786. The summed E-state index contributed by atoms with van der Waals surface area (Å²) in [6, 6.07) is 16.1. The van der Waals surface area contributed by atoms with Crippen molar-refractivity contribution in [2.45, 2.75) is 38.1 Å². The summed E-state index contributed by atoms with van der Waals surface area (Å²) in [5.41, 5.74) is 1.56. The number of benzene rings is 2. The SMILES string of the molecule is CCn1c(SCC(=O)NCc2ccccc2)nnc1[C@@H](C)NC(=O)c1ccc(Cl)cc1. The van der Waals surface area contributed by atoms with Crippen molar-refractivity contribution in [1.82, 2.24) is 25.4 Å². The van der Waals surface area contributed by atoms with E-state index >= 15 is 0 Å². The van der Waals surface area contributed by atoms with Crippen LogP contribution >= 0.6 is 23.4 Å². The smallest absolute Gasteiger partial charge is 0.251 e. The normalized spacial score (nSPS) is 11.7. The number of nitrogens with one attached hydrogen (secondary N) is 2. The van der Waals surface area contributed by atoms with Crippen LogP contribution in [0.2, 0.25) is 5.02 Å². The third-order valence-corrected chi connectivity index (χ3v) is 5.79. The van der Waals surface area contributed by atoms with E-state index in [0.29, 0.717) is 34.7 Å². The lowest BCUT2D eigenvalue weighted by molar-refractivity contribution is -0.118. The van der Waals surface area contributed by atoms with Gasteiger partial charge in [-0.1, -0.05) is 53.7 Å². The molecule has 1 atom stereocenters. The molecule has 0 saturated heterocycles. The number of nitrogens with zero attached hydrogens (tertiary/aromatic N) is 3. The number of carbonyl (C=O) groups is 2. The Balaban J connectivity index is 1.57. The summed E-state index contributed by atoms with van der Waals surface area (Å²) in [4.78, 5) is 24.7. The van der Waals surface area contributed by atoms with Crippen molar-refractivity contribution in [2.75, 3.05) is 5.75 Å². The van der Waals surface area contributed by atoms with Crippen molar-refractivity contribution in [1.29, 1.82) is 0 Å². The average molecular weight is 458 g/mol. The standard InChI is InChI=1S/C22H24ClN5O2S/c1-3-28-20(15(2)25-21(30)17-9-11-18(23)12-10-17)26-27-22(28)31-14-19(29)24-13-16-7-5-4-6-8-16/h4-12,15H,3,13-14H2,1-2H3,(H,24,29)(H,25,30)/t15-/m1/s1. The fourth-order valence-corrected chi connectivity index (χ4v) is 3.91. The maximum Gasteiger partial charge on any atom is 0.251 e. The van der Waals surface area contributed by atoms with Crippen molar-refractivity contribution in [2.24, 2.45) is 0 Å². The van der Waals surface area contributed by atoms with E-state index < -0.39 is 0 Å². The molecule has 3 rings (SSSR count). The van der Waals surface area contributed by atoms with Gasteiger partial charge in [0, 0.05) is 23.7 Å². The maximum absolute atomic E-state index is 12.5. The van der Waals surface area contributed by atoms with E-state index in [2.05, 4.69) is 20.8 Å². The minimum atomic E-state index is -0.350. The van der Waals surface area contributed by atoms with Crippen LogP contribution in [0, 0.1) is 0 Å². The molecule has 0 saturated carbocycles. The Bertz CT molecular complexity index is 1020. The second kappa shape index (κ2) is 11.0. The molecule has 162 valence electrons. The number of carbonyl (C=O) groups excluding carboxylic acids is 2. The zero-order valence-electron chi connectivity index (χ0n) is 17.3. The highest BCUT2D eigenvalue weighted by molar-refractivity contribution is 7.99. The fraction of sp³-hybridized carbons (Fsp3) is 0.273. The molecule has 0 fully saturated rings. The maximum atomic E-state index is 12.5. The van der Waals surface area contributed by atoms with Gasteiger partial charge in [0.05, 0.1) is 11.8 Å². The summed E-state index contributed by atoms with van der Waals surface area (Å²) in [6.45, 7) is 4.93. The van der Waals surface area contributed by atoms with Gasteiger partial charge in [0.1, 0.15) is 0 Å². The summed E-state index contributed by atoms with van der Waals surface area (Å²) in [6.07, 6.45) is 0. The van der Waals surface area contributed by atoms with Crippen LogP contribution in [0.5, 0.6) is 0 Å². The topological polar surface area (TPSA) is 88.9 Å². The van der Waals surface area contributed by atoms with Gasteiger partial charge >= 0.3 is 0 Å². The lowest BCUT2D eigenvalue weighted by atomic mass is 10.2. The van der Waals surface area contributed by atoms with E-state index in [1.54, 1.807) is 24.3 Å². The van der Waals surface area contributed by atoms with Gasteiger partial charge in [-0.05, 0) is 43.7 Å². The van der Waals surface area contributed by atoms with E-state index in [-0.39, 0.29) is 23.6 Å². The van der Waals surface area contributed by atoms with Crippen LogP contribution in [0.15, 0.2) is 59.8 Å². The van der Waals surface area contributed by atoms with Crippen LogP contribution in [-0.2, 0) is 17.9 Å². The minimum Gasteiger partial charge on any atom is -0.351 e. The molecular formula is C22H24ClN5O2S. The number of amides is 2. The third-order valence-electron chi connectivity index (χ3n) is 4.57. The zero-order valence-corrected chi connectivity index (χ0v) is 18.9. The van der Waals surface area contributed by atoms with E-state index in [4.69, 9.17) is 11.6 Å². The first-order valence-electron chi connectivity index (χ1n) is 9.91. The lowest BCUT2D eigenvalue weighted by Crippen LogP contribution is -2.28. The summed E-state index contributed by atoms with van der Waals surface area (Å²) in [7, 11) is 0. The third kappa shape index (κ3) is 6.32. The molecule has 2 amide bonds. The molecule has 1 aromatic heterocycles. The quantitative estimate of drug-likeness (QED) is 0.476. The predicted molar refractivity (Wildman–Crippen MR) is 122 cm³/mol. The van der Waals surface area contributed by atoms with Crippen LogP contribution in [0.3, 0.4) is 0 Å². The van der Waals surface area contributed by atoms with Gasteiger partial charge in [-0.25, -0.2) is 0 Å². The molecule has 31 heavy (non-hydrogen) atoms. The zero-order chi connectivity index (χ0) is 22.2. The monoisotopic (exact) mass is 457 g/mol. The van der Waals surface area contributed by atoms with Gasteiger partial charge in [-0.2, -0.15) is 0 Å². The Morgan fingerprint density at radius 2 is 1.81 bits per heavy atom. The Morgan fingerprint density at radius 3 is 2.48 bits per heavy atom. The summed E-state index contributed by atoms with van der Waals surface area (Å²) < 4.78 is 1.90. The number of hydrogen-bond donors (Lipinski definition) is 2. The van der Waals surface area contributed by atoms with Crippen LogP contribution in [0.1, 0.15) is 41.6 Å². The summed E-state index contributed by atoms with van der Waals surface area (Å²) >= 11 is 7.20. The lowest BCUT2D eigenvalue weighted by Gasteiger charge is -2.15. The molecule has 9 heteroatoms. The molecule has 0 bridgehead atoms. The van der Waals surface area contributed by atoms with Gasteiger partial charge < -0.3 is 15.2 Å². The first kappa shape index (κ1) is 22.8. The van der Waals surface area contributed by atoms with E-state index in [9.17, 15) is 9.59 Å². The number of rotatable bonds is 9. The molecule has 1 heterocycles. The van der Waals surface area contributed by atoms with Crippen molar-refractivity contribution in [3.05, 3.63) is 76.6 Å². The fourth-order valence-electron chi connectivity index (χ4n) is 2.95. The van der Waals surface area contributed by atoms with Crippen LogP contribution in [0.4, 0.5) is 0 Å². The molecule has 2 N–H and O–H groups in total. The molecule has 0 aliphatic rings. The molecule has 0 aliphatic carbocycles. The first-order valence-corrected chi connectivity index (χ1v) is 11.3. The summed E-state index contributed by atoms with van der Waals surface area (Å²) in [5, 5.41) is 15.5. The highest BCUT2D eigenvalue weighted by Crippen LogP contribution is 2.21. The Kier molecular flexibility index (Phi) is 8.08. The van der Waals surface area contributed by atoms with Crippen molar-refractivity contribution >= 4 is 35.2 Å². The molecule has 0 aliphatic heterocycles. The molecule has 0 radical (unpaired) electrons. The second-order valence-corrected chi connectivity index (χ2v) is 8.22. The van der Waals surface area contributed by atoms with E-state index in [1.807, 2.05) is 48.7 Å². The Morgan fingerprint density at radius 1 is 1.10 bits per heavy atom. The van der Waals surface area contributed by atoms with Crippen LogP contribution in [0.25, 0.3) is 0 Å². The van der Waals surface area contributed by atoms with Gasteiger partial charge in [0.2, 0.25) is 5.91 Å². The molecular weight excluding hydrogens is 434 g/mol. The van der Waals surface area contributed by atoms with Crippen LogP contribution in [-0.4, -0.2) is 32.3 Å². The van der Waals surface area contributed by atoms with Gasteiger partial charge in [0.25, 0.3) is 5.91 Å². The highest BCUT2D eigenvalue weighted by atomic mass is 35.5. The van der Waals surface area contributed by atoms with Gasteiger partial charge in [-0.3, -0.25) is 9.59 Å². The van der Waals surface area contributed by atoms with Crippen LogP contribution < -0.4 is 10.6 Å². The van der Waals surface area contributed by atoms with Gasteiger partial charge in [-0.15, -0.1) is 10.2 Å². The van der Waals surface area contributed by atoms with Crippen molar-refractivity contribution in [3.63, 3.8) is 0 Å². The number of thioether (sulfide) groups is 1. The second-order valence-electron chi connectivity index (χ2n) is 6.84. The number of aromatic nitrogens is 3. The Hall–Kier alpha value is -2.84. The van der Waals surface area contributed by atoms with E-state index in [0.717, 1.165) is 5.56 Å². The average Bonchev–Trinajstić information content (AvgIpc) is 3.20. The molecule has 0 spiro atoms. The highest BCUT2D eigenvalue weighted by Gasteiger charge is 2.20. The predicted octanol–water partition coefficient (Wildman–Crippen LogP) is 3.85. The first-order chi connectivity index (χ1) is 15.0. The molecule has 2 aromatic carbocycles. The van der Waals surface area contributed by atoms with Gasteiger partial charge in [0.15, 0.2) is 11.0 Å². The molecule has 0 unspecified atom stereocenters. The summed E-state index contributed by atoms with van der Waals surface area (Å²) in [5.74, 6) is 0.572.